The fraction of sp³-hybridized carbons (Fsp3) is 0.500. The van der Waals surface area contributed by atoms with Crippen molar-refractivity contribution in [3.63, 3.8) is 0 Å². The maximum absolute atomic E-state index is 12.0. The number of aliphatic hydroxyl groups excluding tert-OH is 1. The van der Waals surface area contributed by atoms with Gasteiger partial charge in [-0.05, 0) is 18.1 Å². The van der Waals surface area contributed by atoms with Gasteiger partial charge in [-0.1, -0.05) is 6.92 Å². The van der Waals surface area contributed by atoms with Crippen molar-refractivity contribution in [2.24, 2.45) is 5.92 Å². The van der Waals surface area contributed by atoms with Gasteiger partial charge in [0.05, 0.1) is 14.7 Å². The Hall–Kier alpha value is -1.16. The second-order valence-electron chi connectivity index (χ2n) is 4.77. The van der Waals surface area contributed by atoms with Crippen LogP contribution in [0.25, 0.3) is 0 Å². The Morgan fingerprint density at radius 3 is 2.52 bits per heavy atom. The Morgan fingerprint density at radius 2 is 2.05 bits per heavy atom. The Kier molecular flexibility index (Phi) is 6.14. The van der Waals surface area contributed by atoms with E-state index in [1.165, 1.54) is 38.0 Å². The number of rotatable bonds is 7. The molecule has 0 saturated heterocycles. The van der Waals surface area contributed by atoms with Crippen LogP contribution in [0.2, 0.25) is 0 Å². The highest BCUT2D eigenvalue weighted by Gasteiger charge is 2.23. The predicted molar refractivity (Wildman–Crippen MR) is 80.9 cm³/mol. The molecule has 1 aromatic carbocycles. The van der Waals surface area contributed by atoms with E-state index in [1.807, 2.05) is 6.92 Å². The first-order chi connectivity index (χ1) is 9.70. The molecule has 0 fully saturated rings. The van der Waals surface area contributed by atoms with Crippen molar-refractivity contribution in [2.75, 3.05) is 26.5 Å². The minimum absolute atomic E-state index is 0.000196. The first-order valence-corrected chi connectivity index (χ1v) is 8.57. The minimum Gasteiger partial charge on any atom is -0.396 e. The largest absolute Gasteiger partial charge is 0.396 e. The van der Waals surface area contributed by atoms with E-state index in [1.54, 1.807) is 0 Å². The predicted octanol–water partition coefficient (Wildman–Crippen LogP) is 1.57. The van der Waals surface area contributed by atoms with E-state index >= 15 is 0 Å². The molecule has 1 N–H and O–H groups in total. The summed E-state index contributed by atoms with van der Waals surface area (Å²) in [6, 6.07) is 3.86. The van der Waals surface area contributed by atoms with E-state index in [0.717, 1.165) is 10.4 Å². The average molecular weight is 334 g/mol. The third-order valence-electron chi connectivity index (χ3n) is 2.74. The van der Waals surface area contributed by atoms with Crippen molar-refractivity contribution >= 4 is 27.5 Å². The van der Waals surface area contributed by atoms with Crippen molar-refractivity contribution < 1.29 is 18.4 Å². The standard InChI is InChI=1S/C12H18N2O5S2/c1-9(7-15)8-20-12-5-4-10(6-11(12)14(16)17)21(18,19)13(2)3/h4-6,9,15H,7-8H2,1-3H3. The van der Waals surface area contributed by atoms with E-state index < -0.39 is 14.9 Å². The Bertz CT molecular complexity index is 616. The summed E-state index contributed by atoms with van der Waals surface area (Å²) in [5.41, 5.74) is -0.243. The number of hydrogen-bond acceptors (Lipinski definition) is 6. The first-order valence-electron chi connectivity index (χ1n) is 6.14. The van der Waals surface area contributed by atoms with Crippen LogP contribution in [0, 0.1) is 16.0 Å². The molecule has 1 unspecified atom stereocenters. The molecule has 118 valence electrons. The van der Waals surface area contributed by atoms with Crippen molar-refractivity contribution in [3.8, 4) is 0 Å². The quantitative estimate of drug-likeness (QED) is 0.461. The Morgan fingerprint density at radius 1 is 1.43 bits per heavy atom. The highest BCUT2D eigenvalue weighted by Crippen LogP contribution is 2.32. The summed E-state index contributed by atoms with van der Waals surface area (Å²) < 4.78 is 25.0. The molecule has 0 spiro atoms. The van der Waals surface area contributed by atoms with Crippen LogP contribution in [0.1, 0.15) is 6.92 Å². The van der Waals surface area contributed by atoms with Crippen molar-refractivity contribution in [3.05, 3.63) is 28.3 Å². The van der Waals surface area contributed by atoms with Gasteiger partial charge in [0.25, 0.3) is 5.69 Å². The molecular formula is C12H18N2O5S2. The zero-order valence-electron chi connectivity index (χ0n) is 12.0. The molecule has 0 saturated carbocycles. The SMILES string of the molecule is CC(CO)CSc1ccc(S(=O)(=O)N(C)C)cc1[N+](=O)[O-]. The smallest absolute Gasteiger partial charge is 0.284 e. The van der Waals surface area contributed by atoms with Gasteiger partial charge < -0.3 is 5.11 Å². The molecule has 1 atom stereocenters. The van der Waals surface area contributed by atoms with Crippen LogP contribution in [0.4, 0.5) is 5.69 Å². The van der Waals surface area contributed by atoms with E-state index in [-0.39, 0.29) is 23.1 Å². The van der Waals surface area contributed by atoms with Crippen molar-refractivity contribution in [1.82, 2.24) is 4.31 Å². The molecule has 1 aromatic rings. The van der Waals surface area contributed by atoms with Gasteiger partial charge in [0, 0.05) is 32.5 Å². The van der Waals surface area contributed by atoms with Crippen LogP contribution in [0.5, 0.6) is 0 Å². The number of sulfonamides is 1. The van der Waals surface area contributed by atoms with E-state index in [4.69, 9.17) is 5.11 Å². The van der Waals surface area contributed by atoms with Crippen LogP contribution in [0.3, 0.4) is 0 Å². The lowest BCUT2D eigenvalue weighted by molar-refractivity contribution is -0.388. The van der Waals surface area contributed by atoms with Gasteiger partial charge in [-0.25, -0.2) is 12.7 Å². The lowest BCUT2D eigenvalue weighted by Gasteiger charge is -2.12. The fourth-order valence-electron chi connectivity index (χ4n) is 1.42. The van der Waals surface area contributed by atoms with E-state index in [0.29, 0.717) is 10.6 Å². The minimum atomic E-state index is -3.71. The van der Waals surface area contributed by atoms with Crippen LogP contribution < -0.4 is 0 Å². The topological polar surface area (TPSA) is 101 Å². The molecule has 1 rings (SSSR count). The number of nitro benzene ring substituents is 1. The van der Waals surface area contributed by atoms with Crippen molar-refractivity contribution in [2.45, 2.75) is 16.7 Å². The molecular weight excluding hydrogens is 316 g/mol. The van der Waals surface area contributed by atoms with Gasteiger partial charge in [-0.15, -0.1) is 11.8 Å². The van der Waals surface area contributed by atoms with Crippen LogP contribution in [0.15, 0.2) is 28.0 Å². The third kappa shape index (κ3) is 4.40. The Balaban J connectivity index is 3.17. The number of benzene rings is 1. The highest BCUT2D eigenvalue weighted by molar-refractivity contribution is 7.99. The molecule has 0 aliphatic rings. The number of nitrogens with zero attached hydrogens (tertiary/aromatic N) is 2. The lowest BCUT2D eigenvalue weighted by atomic mass is 10.2. The molecule has 0 aliphatic carbocycles. The number of nitro groups is 1. The molecule has 0 aliphatic heterocycles. The van der Waals surface area contributed by atoms with Crippen molar-refractivity contribution in [1.29, 1.82) is 0 Å². The molecule has 0 bridgehead atoms. The summed E-state index contributed by atoms with van der Waals surface area (Å²) in [5, 5.41) is 20.1. The third-order valence-corrected chi connectivity index (χ3v) is 5.94. The molecule has 9 heteroatoms. The number of hydrogen-bond donors (Lipinski definition) is 1. The molecule has 0 aromatic heterocycles. The van der Waals surface area contributed by atoms with Crippen LogP contribution >= 0.6 is 11.8 Å². The van der Waals surface area contributed by atoms with Crippen LogP contribution in [-0.4, -0.2) is 49.2 Å². The van der Waals surface area contributed by atoms with Gasteiger partial charge in [-0.3, -0.25) is 10.1 Å². The van der Waals surface area contributed by atoms with Crippen LogP contribution in [-0.2, 0) is 10.0 Å². The van der Waals surface area contributed by atoms with Gasteiger partial charge in [0.2, 0.25) is 10.0 Å². The zero-order chi connectivity index (χ0) is 16.2. The van der Waals surface area contributed by atoms with E-state index in [9.17, 15) is 18.5 Å². The van der Waals surface area contributed by atoms with Gasteiger partial charge in [0.1, 0.15) is 0 Å². The second-order valence-corrected chi connectivity index (χ2v) is 7.99. The van der Waals surface area contributed by atoms with E-state index in [2.05, 4.69) is 0 Å². The molecule has 7 nitrogen and oxygen atoms in total. The lowest BCUT2D eigenvalue weighted by Crippen LogP contribution is -2.22. The number of aliphatic hydroxyl groups is 1. The summed E-state index contributed by atoms with van der Waals surface area (Å²) in [7, 11) is -0.970. The zero-order valence-corrected chi connectivity index (χ0v) is 13.6. The molecule has 0 heterocycles. The summed E-state index contributed by atoms with van der Waals surface area (Å²) in [4.78, 5) is 10.8. The summed E-state index contributed by atoms with van der Waals surface area (Å²) in [6.07, 6.45) is 0. The summed E-state index contributed by atoms with van der Waals surface area (Å²) >= 11 is 1.23. The van der Waals surface area contributed by atoms with Gasteiger partial charge in [0.15, 0.2) is 0 Å². The second kappa shape index (κ2) is 7.21. The summed E-state index contributed by atoms with van der Waals surface area (Å²) in [5.74, 6) is 0.511. The maximum Gasteiger partial charge on any atom is 0.284 e. The Labute approximate surface area is 128 Å². The summed E-state index contributed by atoms with van der Waals surface area (Å²) in [6.45, 7) is 1.82. The highest BCUT2D eigenvalue weighted by atomic mass is 32.2. The maximum atomic E-state index is 12.0. The molecule has 0 radical (unpaired) electrons. The van der Waals surface area contributed by atoms with Gasteiger partial charge in [-0.2, -0.15) is 0 Å². The first kappa shape index (κ1) is 17.9. The number of thioether (sulfide) groups is 1. The monoisotopic (exact) mass is 334 g/mol. The molecule has 0 amide bonds. The van der Waals surface area contributed by atoms with Gasteiger partial charge >= 0.3 is 0 Å². The normalized spacial score (nSPS) is 13.4. The molecule has 21 heavy (non-hydrogen) atoms. The fourth-order valence-corrected chi connectivity index (χ4v) is 3.36. The average Bonchev–Trinajstić information content (AvgIpc) is 2.43.